The van der Waals surface area contributed by atoms with Gasteiger partial charge in [-0.2, -0.15) is 0 Å². The van der Waals surface area contributed by atoms with Crippen LogP contribution in [0.3, 0.4) is 0 Å². The lowest BCUT2D eigenvalue weighted by Crippen LogP contribution is -2.32. The molecule has 2 aromatic heterocycles. The van der Waals surface area contributed by atoms with Crippen molar-refractivity contribution in [2.45, 2.75) is 0 Å². The van der Waals surface area contributed by atoms with Crippen LogP contribution in [0.2, 0.25) is 0 Å². The fraction of sp³-hybridized carbons (Fsp3) is 0.0714. The molecule has 0 aliphatic heterocycles. The van der Waals surface area contributed by atoms with E-state index in [0.29, 0.717) is 10.7 Å². The van der Waals surface area contributed by atoms with Crippen molar-refractivity contribution in [2.75, 3.05) is 11.9 Å². The zero-order valence-electron chi connectivity index (χ0n) is 10.8. The Morgan fingerprint density at radius 3 is 2.86 bits per heavy atom. The first kappa shape index (κ1) is 13.3. The Morgan fingerprint density at radius 1 is 1.24 bits per heavy atom. The van der Waals surface area contributed by atoms with Crippen molar-refractivity contribution in [1.29, 1.82) is 0 Å². The van der Waals surface area contributed by atoms with Crippen molar-refractivity contribution in [2.24, 2.45) is 0 Å². The SMILES string of the molecule is O=C(CNC(=O)c1ccoc1)Nc1nc2ccccc2s1. The van der Waals surface area contributed by atoms with Gasteiger partial charge < -0.3 is 15.1 Å². The van der Waals surface area contributed by atoms with E-state index in [1.807, 2.05) is 24.3 Å². The first-order valence-corrected chi connectivity index (χ1v) is 7.00. The molecule has 2 amide bonds. The fourth-order valence-corrected chi connectivity index (χ4v) is 2.63. The minimum Gasteiger partial charge on any atom is -0.472 e. The number of hydrogen-bond donors (Lipinski definition) is 2. The number of benzene rings is 1. The maximum atomic E-state index is 11.8. The predicted molar refractivity (Wildman–Crippen MR) is 79.3 cm³/mol. The predicted octanol–water partition coefficient (Wildman–Crippen LogP) is 2.26. The minimum atomic E-state index is -0.358. The van der Waals surface area contributed by atoms with Gasteiger partial charge in [0.15, 0.2) is 5.13 Å². The van der Waals surface area contributed by atoms with Gasteiger partial charge in [0.2, 0.25) is 5.91 Å². The quantitative estimate of drug-likeness (QED) is 0.774. The Morgan fingerprint density at radius 2 is 2.10 bits per heavy atom. The van der Waals surface area contributed by atoms with Crippen molar-refractivity contribution >= 4 is 38.5 Å². The van der Waals surface area contributed by atoms with Crippen LogP contribution in [-0.2, 0) is 4.79 Å². The largest absolute Gasteiger partial charge is 0.472 e. The van der Waals surface area contributed by atoms with Gasteiger partial charge in [-0.15, -0.1) is 0 Å². The summed E-state index contributed by atoms with van der Waals surface area (Å²) in [7, 11) is 0. The summed E-state index contributed by atoms with van der Waals surface area (Å²) in [5.74, 6) is -0.686. The van der Waals surface area contributed by atoms with Gasteiger partial charge in [0.25, 0.3) is 5.91 Å². The number of fused-ring (bicyclic) bond motifs is 1. The average Bonchev–Trinajstić information content (AvgIpc) is 3.13. The zero-order chi connectivity index (χ0) is 14.7. The summed E-state index contributed by atoms with van der Waals surface area (Å²) in [5, 5.41) is 5.68. The van der Waals surface area contributed by atoms with Gasteiger partial charge in [-0.25, -0.2) is 4.98 Å². The number of nitrogens with zero attached hydrogens (tertiary/aromatic N) is 1. The van der Waals surface area contributed by atoms with E-state index in [-0.39, 0.29) is 18.4 Å². The van der Waals surface area contributed by atoms with Gasteiger partial charge in [0, 0.05) is 0 Å². The van der Waals surface area contributed by atoms with Crippen molar-refractivity contribution in [1.82, 2.24) is 10.3 Å². The summed E-state index contributed by atoms with van der Waals surface area (Å²) >= 11 is 1.39. The first-order valence-electron chi connectivity index (χ1n) is 6.18. The van der Waals surface area contributed by atoms with Gasteiger partial charge in [-0.1, -0.05) is 23.5 Å². The van der Waals surface area contributed by atoms with E-state index in [0.717, 1.165) is 10.2 Å². The molecule has 7 heteroatoms. The standard InChI is InChI=1S/C14H11N3O3S/c18-12(7-15-13(19)9-5-6-20-8-9)17-14-16-10-3-1-2-4-11(10)21-14/h1-6,8H,7H2,(H,15,19)(H,16,17,18). The van der Waals surface area contributed by atoms with E-state index < -0.39 is 0 Å². The second kappa shape index (κ2) is 5.76. The number of thiazole rings is 1. The highest BCUT2D eigenvalue weighted by molar-refractivity contribution is 7.22. The van der Waals surface area contributed by atoms with E-state index in [1.54, 1.807) is 0 Å². The molecule has 21 heavy (non-hydrogen) atoms. The summed E-state index contributed by atoms with van der Waals surface area (Å²) in [6.07, 6.45) is 2.72. The van der Waals surface area contributed by atoms with Crippen LogP contribution in [0.15, 0.2) is 47.3 Å². The summed E-state index contributed by atoms with van der Waals surface area (Å²) in [5.41, 5.74) is 1.21. The smallest absolute Gasteiger partial charge is 0.254 e. The zero-order valence-corrected chi connectivity index (χ0v) is 11.6. The maximum Gasteiger partial charge on any atom is 0.254 e. The Bertz CT molecular complexity index is 747. The van der Waals surface area contributed by atoms with Crippen LogP contribution in [-0.4, -0.2) is 23.3 Å². The minimum absolute atomic E-state index is 0.125. The van der Waals surface area contributed by atoms with Crippen LogP contribution >= 0.6 is 11.3 Å². The normalized spacial score (nSPS) is 10.5. The molecule has 0 unspecified atom stereocenters. The molecule has 3 aromatic rings. The third kappa shape index (κ3) is 3.09. The number of para-hydroxylation sites is 1. The van der Waals surface area contributed by atoms with Crippen LogP contribution < -0.4 is 10.6 Å². The molecule has 1 aromatic carbocycles. The van der Waals surface area contributed by atoms with Crippen LogP contribution in [0.4, 0.5) is 5.13 Å². The topological polar surface area (TPSA) is 84.2 Å². The molecule has 3 rings (SSSR count). The molecule has 0 spiro atoms. The van der Waals surface area contributed by atoms with E-state index in [9.17, 15) is 9.59 Å². The molecule has 0 radical (unpaired) electrons. The number of rotatable bonds is 4. The highest BCUT2D eigenvalue weighted by Crippen LogP contribution is 2.25. The van der Waals surface area contributed by atoms with Gasteiger partial charge >= 0.3 is 0 Å². The first-order chi connectivity index (χ1) is 10.2. The van der Waals surface area contributed by atoms with Gasteiger partial charge in [0.05, 0.1) is 28.6 Å². The molecule has 0 aliphatic carbocycles. The molecule has 6 nitrogen and oxygen atoms in total. The average molecular weight is 301 g/mol. The molecule has 2 heterocycles. The lowest BCUT2D eigenvalue weighted by molar-refractivity contribution is -0.115. The number of anilines is 1. The third-order valence-electron chi connectivity index (χ3n) is 2.73. The van der Waals surface area contributed by atoms with Crippen molar-refractivity contribution in [3.8, 4) is 0 Å². The summed E-state index contributed by atoms with van der Waals surface area (Å²) in [6, 6.07) is 9.14. The van der Waals surface area contributed by atoms with Crippen molar-refractivity contribution in [3.05, 3.63) is 48.4 Å². The Labute approximate surface area is 123 Å². The Kier molecular flexibility index (Phi) is 3.65. The fourth-order valence-electron chi connectivity index (χ4n) is 1.75. The lowest BCUT2D eigenvalue weighted by atomic mass is 10.3. The second-order valence-corrected chi connectivity index (χ2v) is 5.26. The van der Waals surface area contributed by atoms with Crippen molar-refractivity contribution in [3.63, 3.8) is 0 Å². The van der Waals surface area contributed by atoms with Crippen LogP contribution in [0.1, 0.15) is 10.4 Å². The van der Waals surface area contributed by atoms with Gasteiger partial charge in [-0.05, 0) is 18.2 Å². The summed E-state index contributed by atoms with van der Waals surface area (Å²) in [4.78, 5) is 27.7. The Hall–Kier alpha value is -2.67. The lowest BCUT2D eigenvalue weighted by Gasteiger charge is -2.03. The number of aromatic nitrogens is 1. The van der Waals surface area contributed by atoms with E-state index >= 15 is 0 Å². The number of carbonyl (C=O) groups is 2. The summed E-state index contributed by atoms with van der Waals surface area (Å²) < 4.78 is 5.80. The summed E-state index contributed by atoms with van der Waals surface area (Å²) in [6.45, 7) is -0.125. The molecule has 0 aliphatic rings. The van der Waals surface area contributed by atoms with E-state index in [2.05, 4.69) is 15.6 Å². The van der Waals surface area contributed by atoms with Gasteiger partial charge in [0.1, 0.15) is 6.26 Å². The van der Waals surface area contributed by atoms with Crippen molar-refractivity contribution < 1.29 is 14.0 Å². The van der Waals surface area contributed by atoms with Crippen LogP contribution in [0, 0.1) is 0 Å². The number of furan rings is 1. The molecule has 0 saturated heterocycles. The molecule has 2 N–H and O–H groups in total. The molecule has 0 fully saturated rings. The number of amides is 2. The second-order valence-electron chi connectivity index (χ2n) is 4.23. The molecular weight excluding hydrogens is 290 g/mol. The van der Waals surface area contributed by atoms with Crippen LogP contribution in [0.25, 0.3) is 10.2 Å². The van der Waals surface area contributed by atoms with E-state index in [1.165, 1.54) is 29.9 Å². The van der Waals surface area contributed by atoms with Gasteiger partial charge in [-0.3, -0.25) is 9.59 Å². The highest BCUT2D eigenvalue weighted by Gasteiger charge is 2.11. The monoisotopic (exact) mass is 301 g/mol. The maximum absolute atomic E-state index is 11.8. The number of carbonyl (C=O) groups excluding carboxylic acids is 2. The third-order valence-corrected chi connectivity index (χ3v) is 3.68. The molecule has 0 saturated carbocycles. The van der Waals surface area contributed by atoms with Crippen LogP contribution in [0.5, 0.6) is 0 Å². The molecule has 0 bridgehead atoms. The molecular formula is C14H11N3O3S. The molecule has 0 atom stereocenters. The Balaban J connectivity index is 1.57. The number of hydrogen-bond acceptors (Lipinski definition) is 5. The van der Waals surface area contributed by atoms with E-state index in [4.69, 9.17) is 4.42 Å². The number of nitrogens with one attached hydrogen (secondary N) is 2. The highest BCUT2D eigenvalue weighted by atomic mass is 32.1. The molecule has 106 valence electrons.